The first-order chi connectivity index (χ1) is 8.62. The molecule has 0 aliphatic rings. The Morgan fingerprint density at radius 2 is 1.89 bits per heavy atom. The Morgan fingerprint density at radius 1 is 1.22 bits per heavy atom. The van der Waals surface area contributed by atoms with Gasteiger partial charge in [0.15, 0.2) is 0 Å². The first kappa shape index (κ1) is 14.6. The number of hydrogen-bond acceptors (Lipinski definition) is 1. The van der Waals surface area contributed by atoms with Crippen LogP contribution in [0.1, 0.15) is 44.7 Å². The minimum absolute atomic E-state index is 0.104. The predicted octanol–water partition coefficient (Wildman–Crippen LogP) is 3.87. The van der Waals surface area contributed by atoms with Crippen molar-refractivity contribution in [2.75, 3.05) is 5.32 Å². The Labute approximate surface area is 110 Å². The van der Waals surface area contributed by atoms with Crippen molar-refractivity contribution in [3.05, 3.63) is 29.3 Å². The molecule has 0 radical (unpaired) electrons. The molecule has 2 N–H and O–H groups in total. The van der Waals surface area contributed by atoms with Gasteiger partial charge in [-0.1, -0.05) is 39.0 Å². The van der Waals surface area contributed by atoms with E-state index in [4.69, 9.17) is 0 Å². The standard InChI is InChI=1S/C15H24N2O/c1-5-12-10-8-9-11(4)14(12)17-15(18)16-13(6-2)7-3/h8-10,13H,5-7H2,1-4H3,(H2,16,17,18). The number of para-hydroxylation sites is 1. The van der Waals surface area contributed by atoms with Crippen molar-refractivity contribution in [1.29, 1.82) is 0 Å². The van der Waals surface area contributed by atoms with Crippen molar-refractivity contribution in [3.8, 4) is 0 Å². The summed E-state index contributed by atoms with van der Waals surface area (Å²) >= 11 is 0. The van der Waals surface area contributed by atoms with Gasteiger partial charge >= 0.3 is 6.03 Å². The molecule has 18 heavy (non-hydrogen) atoms. The van der Waals surface area contributed by atoms with Crippen LogP contribution in [0.5, 0.6) is 0 Å². The normalized spacial score (nSPS) is 10.5. The van der Waals surface area contributed by atoms with Crippen LogP contribution in [0.15, 0.2) is 18.2 Å². The van der Waals surface area contributed by atoms with E-state index in [0.29, 0.717) is 0 Å². The summed E-state index contributed by atoms with van der Waals surface area (Å²) in [4.78, 5) is 11.9. The highest BCUT2D eigenvalue weighted by atomic mass is 16.2. The quantitative estimate of drug-likeness (QED) is 0.816. The summed E-state index contributed by atoms with van der Waals surface area (Å²) in [5.41, 5.74) is 3.23. The van der Waals surface area contributed by atoms with Crippen LogP contribution in [0, 0.1) is 6.92 Å². The molecule has 0 aromatic heterocycles. The number of carbonyl (C=O) groups is 1. The van der Waals surface area contributed by atoms with Crippen LogP contribution in [-0.4, -0.2) is 12.1 Å². The number of nitrogens with one attached hydrogen (secondary N) is 2. The largest absolute Gasteiger partial charge is 0.335 e. The van der Waals surface area contributed by atoms with Gasteiger partial charge in [0.05, 0.1) is 0 Å². The maximum Gasteiger partial charge on any atom is 0.319 e. The van der Waals surface area contributed by atoms with Gasteiger partial charge in [0.1, 0.15) is 0 Å². The van der Waals surface area contributed by atoms with E-state index in [1.807, 2.05) is 19.1 Å². The third-order valence-corrected chi connectivity index (χ3v) is 3.30. The van der Waals surface area contributed by atoms with Crippen LogP contribution in [-0.2, 0) is 6.42 Å². The molecule has 3 nitrogen and oxygen atoms in total. The Balaban J connectivity index is 2.75. The number of carbonyl (C=O) groups excluding carboxylic acids is 1. The third kappa shape index (κ3) is 3.76. The van der Waals surface area contributed by atoms with E-state index in [0.717, 1.165) is 30.5 Å². The summed E-state index contributed by atoms with van der Waals surface area (Å²) in [6.07, 6.45) is 2.83. The lowest BCUT2D eigenvalue weighted by Gasteiger charge is -2.18. The number of anilines is 1. The number of rotatable bonds is 5. The Bertz CT molecular complexity index is 397. The molecule has 1 aromatic carbocycles. The maximum atomic E-state index is 11.9. The molecule has 0 atom stereocenters. The molecule has 0 fully saturated rings. The fraction of sp³-hybridized carbons (Fsp3) is 0.533. The molecular weight excluding hydrogens is 224 g/mol. The molecule has 0 unspecified atom stereocenters. The van der Waals surface area contributed by atoms with Gasteiger partial charge in [-0.15, -0.1) is 0 Å². The minimum atomic E-state index is -0.104. The second-order valence-corrected chi connectivity index (χ2v) is 4.57. The van der Waals surface area contributed by atoms with Gasteiger partial charge in [0.25, 0.3) is 0 Å². The summed E-state index contributed by atoms with van der Waals surface area (Å²) in [7, 11) is 0. The molecule has 0 aliphatic carbocycles. The summed E-state index contributed by atoms with van der Waals surface area (Å²) < 4.78 is 0. The van der Waals surface area contributed by atoms with Gasteiger partial charge in [0.2, 0.25) is 0 Å². The highest BCUT2D eigenvalue weighted by Gasteiger charge is 2.11. The Morgan fingerprint density at radius 3 is 2.44 bits per heavy atom. The SMILES string of the molecule is CCc1cccc(C)c1NC(=O)NC(CC)CC. The van der Waals surface area contributed by atoms with Crippen molar-refractivity contribution in [2.45, 2.75) is 53.0 Å². The molecule has 0 saturated heterocycles. The zero-order chi connectivity index (χ0) is 13.5. The van der Waals surface area contributed by atoms with Crippen LogP contribution in [0.3, 0.4) is 0 Å². The summed E-state index contributed by atoms with van der Waals surface area (Å²) in [6.45, 7) is 8.28. The molecule has 0 aliphatic heterocycles. The lowest BCUT2D eigenvalue weighted by Crippen LogP contribution is -2.37. The molecule has 0 bridgehead atoms. The van der Waals surface area contributed by atoms with Gasteiger partial charge in [0, 0.05) is 11.7 Å². The van der Waals surface area contributed by atoms with E-state index in [-0.39, 0.29) is 12.1 Å². The third-order valence-electron chi connectivity index (χ3n) is 3.30. The number of hydrogen-bond donors (Lipinski definition) is 2. The lowest BCUT2D eigenvalue weighted by molar-refractivity contribution is 0.247. The van der Waals surface area contributed by atoms with E-state index in [1.165, 1.54) is 5.56 Å². The van der Waals surface area contributed by atoms with Gasteiger partial charge < -0.3 is 10.6 Å². The zero-order valence-electron chi connectivity index (χ0n) is 11.8. The van der Waals surface area contributed by atoms with E-state index in [1.54, 1.807) is 0 Å². The topological polar surface area (TPSA) is 41.1 Å². The first-order valence-electron chi connectivity index (χ1n) is 6.78. The summed E-state index contributed by atoms with van der Waals surface area (Å²) in [6, 6.07) is 6.25. The molecule has 3 heteroatoms. The highest BCUT2D eigenvalue weighted by Crippen LogP contribution is 2.20. The molecule has 0 spiro atoms. The Kier molecular flexibility index (Phi) is 5.69. The average Bonchev–Trinajstić information content (AvgIpc) is 2.38. The Hall–Kier alpha value is -1.51. The summed E-state index contributed by atoms with van der Waals surface area (Å²) in [5, 5.41) is 5.97. The minimum Gasteiger partial charge on any atom is -0.335 e. The van der Waals surface area contributed by atoms with Crippen LogP contribution in [0.4, 0.5) is 10.5 Å². The van der Waals surface area contributed by atoms with E-state index >= 15 is 0 Å². The van der Waals surface area contributed by atoms with Crippen molar-refractivity contribution in [1.82, 2.24) is 5.32 Å². The fourth-order valence-electron chi connectivity index (χ4n) is 2.03. The molecule has 100 valence electrons. The van der Waals surface area contributed by atoms with Crippen LogP contribution >= 0.6 is 0 Å². The van der Waals surface area contributed by atoms with Crippen molar-refractivity contribution in [3.63, 3.8) is 0 Å². The number of benzene rings is 1. The molecule has 0 saturated carbocycles. The van der Waals surface area contributed by atoms with Crippen molar-refractivity contribution >= 4 is 11.7 Å². The van der Waals surface area contributed by atoms with Crippen LogP contribution in [0.2, 0.25) is 0 Å². The molecule has 1 aromatic rings. The van der Waals surface area contributed by atoms with Crippen LogP contribution < -0.4 is 10.6 Å². The monoisotopic (exact) mass is 248 g/mol. The van der Waals surface area contributed by atoms with Crippen molar-refractivity contribution in [2.24, 2.45) is 0 Å². The van der Waals surface area contributed by atoms with E-state index in [2.05, 4.69) is 37.5 Å². The average molecular weight is 248 g/mol. The lowest BCUT2D eigenvalue weighted by atomic mass is 10.1. The number of aryl methyl sites for hydroxylation is 2. The van der Waals surface area contributed by atoms with Gasteiger partial charge in [-0.05, 0) is 37.3 Å². The first-order valence-corrected chi connectivity index (χ1v) is 6.78. The van der Waals surface area contributed by atoms with E-state index < -0.39 is 0 Å². The zero-order valence-corrected chi connectivity index (χ0v) is 11.8. The van der Waals surface area contributed by atoms with Gasteiger partial charge in [-0.25, -0.2) is 4.79 Å². The smallest absolute Gasteiger partial charge is 0.319 e. The second kappa shape index (κ2) is 7.04. The molecule has 2 amide bonds. The molecule has 1 rings (SSSR count). The second-order valence-electron chi connectivity index (χ2n) is 4.57. The molecule has 0 heterocycles. The molecular formula is C15H24N2O. The van der Waals surface area contributed by atoms with Crippen LogP contribution in [0.25, 0.3) is 0 Å². The fourth-order valence-corrected chi connectivity index (χ4v) is 2.03. The number of urea groups is 1. The van der Waals surface area contributed by atoms with Gasteiger partial charge in [-0.2, -0.15) is 0 Å². The highest BCUT2D eigenvalue weighted by molar-refractivity contribution is 5.91. The van der Waals surface area contributed by atoms with Gasteiger partial charge in [-0.3, -0.25) is 0 Å². The maximum absolute atomic E-state index is 11.9. The van der Waals surface area contributed by atoms with E-state index in [9.17, 15) is 4.79 Å². The predicted molar refractivity (Wildman–Crippen MR) is 77.1 cm³/mol. The van der Waals surface area contributed by atoms with Crippen molar-refractivity contribution < 1.29 is 4.79 Å². The summed E-state index contributed by atoms with van der Waals surface area (Å²) in [5.74, 6) is 0. The number of amides is 2.